The Morgan fingerprint density at radius 2 is 2.10 bits per heavy atom. The number of likely N-dealkylation sites (N-methyl/N-ethyl adjacent to an activating group) is 1. The third kappa shape index (κ3) is 6.60. The summed E-state index contributed by atoms with van der Waals surface area (Å²) in [5.74, 6) is 0.0257. The van der Waals surface area contributed by atoms with Gasteiger partial charge in [-0.3, -0.25) is 4.79 Å². The zero-order chi connectivity index (χ0) is 15.7. The number of nitrogens with one attached hydrogen (secondary N) is 1. The Hall–Kier alpha value is -1.59. The van der Waals surface area contributed by atoms with E-state index in [0.717, 1.165) is 37.5 Å². The summed E-state index contributed by atoms with van der Waals surface area (Å²) in [4.78, 5) is 14.2. The first-order chi connectivity index (χ1) is 10.1. The Morgan fingerprint density at radius 1 is 1.33 bits per heavy atom. The van der Waals surface area contributed by atoms with Crippen molar-refractivity contribution in [3.8, 4) is 0 Å². The minimum atomic E-state index is 0.0257. The quantitative estimate of drug-likeness (QED) is 0.541. The van der Waals surface area contributed by atoms with Crippen LogP contribution in [0, 0.1) is 6.92 Å². The number of nitrogen functional groups attached to an aromatic ring is 1. The van der Waals surface area contributed by atoms with E-state index < -0.39 is 0 Å². The van der Waals surface area contributed by atoms with Gasteiger partial charge in [0.05, 0.1) is 6.61 Å². The van der Waals surface area contributed by atoms with Crippen LogP contribution in [0.15, 0.2) is 18.2 Å². The number of carbonyl (C=O) groups is 1. The van der Waals surface area contributed by atoms with Crippen molar-refractivity contribution in [3.05, 3.63) is 23.8 Å². The molecule has 0 saturated carbocycles. The van der Waals surface area contributed by atoms with Crippen molar-refractivity contribution in [2.75, 3.05) is 43.9 Å². The van der Waals surface area contributed by atoms with E-state index in [-0.39, 0.29) is 5.91 Å². The number of hydrogen-bond acceptors (Lipinski definition) is 4. The van der Waals surface area contributed by atoms with E-state index in [1.807, 2.05) is 26.0 Å². The molecule has 1 aromatic rings. The number of nitrogens with two attached hydrogens (primary N) is 1. The Balaban J connectivity index is 2.38. The van der Waals surface area contributed by atoms with Gasteiger partial charge in [0.2, 0.25) is 5.91 Å². The maximum Gasteiger partial charge on any atom is 0.225 e. The molecule has 1 aromatic carbocycles. The average Bonchev–Trinajstić information content (AvgIpc) is 2.45. The molecule has 0 unspecified atom stereocenters. The molecule has 1 amide bonds. The molecule has 0 bridgehead atoms. The summed E-state index contributed by atoms with van der Waals surface area (Å²) < 4.78 is 5.34. The molecule has 0 radical (unpaired) electrons. The summed E-state index contributed by atoms with van der Waals surface area (Å²) in [5, 5.41) is 2.93. The van der Waals surface area contributed by atoms with Crippen LogP contribution >= 0.6 is 0 Å². The Morgan fingerprint density at radius 3 is 2.71 bits per heavy atom. The molecule has 1 rings (SSSR count). The van der Waals surface area contributed by atoms with Crippen LogP contribution in [-0.4, -0.2) is 43.7 Å². The van der Waals surface area contributed by atoms with Crippen LogP contribution in [-0.2, 0) is 9.53 Å². The van der Waals surface area contributed by atoms with Crippen LogP contribution in [0.1, 0.15) is 25.8 Å². The zero-order valence-electron chi connectivity index (χ0n) is 13.3. The van der Waals surface area contributed by atoms with E-state index in [0.29, 0.717) is 18.7 Å². The van der Waals surface area contributed by atoms with E-state index >= 15 is 0 Å². The summed E-state index contributed by atoms with van der Waals surface area (Å²) in [6.45, 7) is 9.97. The molecule has 3 N–H and O–H groups in total. The van der Waals surface area contributed by atoms with Crippen molar-refractivity contribution >= 4 is 17.3 Å². The summed E-state index contributed by atoms with van der Waals surface area (Å²) in [7, 11) is 0. The fraction of sp³-hybridized carbons (Fsp3) is 0.562. The predicted molar refractivity (Wildman–Crippen MR) is 87.4 cm³/mol. The van der Waals surface area contributed by atoms with E-state index in [2.05, 4.69) is 17.1 Å². The second-order valence-electron chi connectivity index (χ2n) is 5.00. The highest BCUT2D eigenvalue weighted by atomic mass is 16.5. The first-order valence-corrected chi connectivity index (χ1v) is 7.52. The fourth-order valence-corrected chi connectivity index (χ4v) is 2.07. The van der Waals surface area contributed by atoms with Crippen LogP contribution in [0.2, 0.25) is 0 Å². The molecule has 0 aromatic heterocycles. The summed E-state index contributed by atoms with van der Waals surface area (Å²) in [5.41, 5.74) is 8.21. The number of aryl methyl sites for hydroxylation is 1. The van der Waals surface area contributed by atoms with E-state index in [1.165, 1.54) is 0 Å². The molecular formula is C16H27N3O2. The predicted octanol–water partition coefficient (Wildman–Crippen LogP) is 2.26. The number of anilines is 2. The lowest BCUT2D eigenvalue weighted by atomic mass is 10.2. The van der Waals surface area contributed by atoms with Gasteiger partial charge in [-0.25, -0.2) is 0 Å². The standard InChI is InChI=1S/C16H27N3O2/c1-4-19(10-11-21-5-2)9-8-16(20)18-15-7-6-14(17)12-13(15)3/h6-7,12H,4-5,8-11,17H2,1-3H3,(H,18,20). The van der Waals surface area contributed by atoms with Gasteiger partial charge in [-0.15, -0.1) is 0 Å². The molecule has 118 valence electrons. The summed E-state index contributed by atoms with van der Waals surface area (Å²) >= 11 is 0. The lowest BCUT2D eigenvalue weighted by molar-refractivity contribution is -0.116. The lowest BCUT2D eigenvalue weighted by Crippen LogP contribution is -2.31. The zero-order valence-corrected chi connectivity index (χ0v) is 13.3. The minimum absolute atomic E-state index is 0.0257. The maximum atomic E-state index is 12.0. The molecule has 0 aliphatic carbocycles. The first kappa shape index (κ1) is 17.5. The Bertz CT molecular complexity index is 449. The molecular weight excluding hydrogens is 266 g/mol. The van der Waals surface area contributed by atoms with Gasteiger partial charge >= 0.3 is 0 Å². The van der Waals surface area contributed by atoms with Crippen LogP contribution in [0.3, 0.4) is 0 Å². The second-order valence-corrected chi connectivity index (χ2v) is 5.00. The molecule has 0 fully saturated rings. The first-order valence-electron chi connectivity index (χ1n) is 7.52. The number of ether oxygens (including phenoxy) is 1. The van der Waals surface area contributed by atoms with Gasteiger partial charge in [-0.2, -0.15) is 0 Å². The molecule has 0 spiro atoms. The van der Waals surface area contributed by atoms with Crippen molar-refractivity contribution < 1.29 is 9.53 Å². The van der Waals surface area contributed by atoms with Crippen LogP contribution in [0.25, 0.3) is 0 Å². The number of amides is 1. The minimum Gasteiger partial charge on any atom is -0.399 e. The van der Waals surface area contributed by atoms with Crippen molar-refractivity contribution in [1.29, 1.82) is 0 Å². The largest absolute Gasteiger partial charge is 0.399 e. The van der Waals surface area contributed by atoms with Crippen LogP contribution in [0.5, 0.6) is 0 Å². The van der Waals surface area contributed by atoms with Crippen molar-refractivity contribution in [1.82, 2.24) is 4.90 Å². The summed E-state index contributed by atoms with van der Waals surface area (Å²) in [6, 6.07) is 5.49. The SMILES string of the molecule is CCOCCN(CC)CCC(=O)Nc1ccc(N)cc1C. The van der Waals surface area contributed by atoms with Gasteiger partial charge in [-0.05, 0) is 44.2 Å². The molecule has 0 aliphatic rings. The van der Waals surface area contributed by atoms with Gasteiger partial charge in [0.25, 0.3) is 0 Å². The molecule has 5 nitrogen and oxygen atoms in total. The normalized spacial score (nSPS) is 10.9. The Kier molecular flexibility index (Phi) is 7.79. The highest BCUT2D eigenvalue weighted by Gasteiger charge is 2.08. The average molecular weight is 293 g/mol. The van der Waals surface area contributed by atoms with Crippen LogP contribution in [0.4, 0.5) is 11.4 Å². The third-order valence-electron chi connectivity index (χ3n) is 3.38. The fourth-order valence-electron chi connectivity index (χ4n) is 2.07. The highest BCUT2D eigenvalue weighted by molar-refractivity contribution is 5.91. The monoisotopic (exact) mass is 293 g/mol. The number of benzene rings is 1. The van der Waals surface area contributed by atoms with E-state index in [4.69, 9.17) is 10.5 Å². The summed E-state index contributed by atoms with van der Waals surface area (Å²) in [6.07, 6.45) is 0.476. The molecule has 0 heterocycles. The highest BCUT2D eigenvalue weighted by Crippen LogP contribution is 2.17. The van der Waals surface area contributed by atoms with Gasteiger partial charge < -0.3 is 20.7 Å². The van der Waals surface area contributed by atoms with Crippen molar-refractivity contribution in [2.24, 2.45) is 0 Å². The van der Waals surface area contributed by atoms with Gasteiger partial charge in [-0.1, -0.05) is 6.92 Å². The van der Waals surface area contributed by atoms with Gasteiger partial charge in [0, 0.05) is 37.5 Å². The molecule has 5 heteroatoms. The van der Waals surface area contributed by atoms with Crippen molar-refractivity contribution in [2.45, 2.75) is 27.2 Å². The topological polar surface area (TPSA) is 67.6 Å². The molecule has 0 atom stereocenters. The van der Waals surface area contributed by atoms with Gasteiger partial charge in [0.1, 0.15) is 0 Å². The number of carbonyl (C=O) groups excluding carboxylic acids is 1. The smallest absolute Gasteiger partial charge is 0.225 e. The molecule has 21 heavy (non-hydrogen) atoms. The van der Waals surface area contributed by atoms with E-state index in [1.54, 1.807) is 6.07 Å². The Labute approximate surface area is 127 Å². The molecule has 0 saturated heterocycles. The van der Waals surface area contributed by atoms with E-state index in [9.17, 15) is 4.79 Å². The molecule has 0 aliphatic heterocycles. The van der Waals surface area contributed by atoms with Crippen LogP contribution < -0.4 is 11.1 Å². The number of rotatable bonds is 9. The second kappa shape index (κ2) is 9.37. The lowest BCUT2D eigenvalue weighted by Gasteiger charge is -2.20. The van der Waals surface area contributed by atoms with Gasteiger partial charge in [0.15, 0.2) is 0 Å². The number of nitrogens with zero attached hydrogens (tertiary/aromatic N) is 1. The third-order valence-corrected chi connectivity index (χ3v) is 3.38. The van der Waals surface area contributed by atoms with Crippen molar-refractivity contribution in [3.63, 3.8) is 0 Å². The maximum absolute atomic E-state index is 12.0. The number of hydrogen-bond donors (Lipinski definition) is 2.